The standard InChI is InChI=1S/C21H22ClN3O4S/c1-4-21(2,3)25-20(24-15-7-10-17-18(11-15)29-13-28-17)19(12-23)30(26,27)16-8-5-14(22)6-9-16/h5-11,24-25H,4,13H2,1-3H3/b20-19+. The fourth-order valence-corrected chi connectivity index (χ4v) is 4.02. The first kappa shape index (κ1) is 21.8. The van der Waals surface area contributed by atoms with E-state index in [-0.39, 0.29) is 17.5 Å². The van der Waals surface area contributed by atoms with Crippen LogP contribution in [0, 0.1) is 11.3 Å². The van der Waals surface area contributed by atoms with Gasteiger partial charge in [0.2, 0.25) is 16.6 Å². The smallest absolute Gasteiger partial charge is 0.231 e. The minimum Gasteiger partial charge on any atom is -0.454 e. The molecule has 1 aliphatic heterocycles. The molecule has 0 bridgehead atoms. The van der Waals surface area contributed by atoms with E-state index in [0.717, 1.165) is 0 Å². The van der Waals surface area contributed by atoms with Gasteiger partial charge in [0.05, 0.1) is 4.90 Å². The van der Waals surface area contributed by atoms with Gasteiger partial charge in [-0.1, -0.05) is 18.5 Å². The molecule has 7 nitrogen and oxygen atoms in total. The topological polar surface area (TPSA) is 100 Å². The van der Waals surface area contributed by atoms with Crippen LogP contribution in [-0.2, 0) is 9.84 Å². The SMILES string of the molecule is CCC(C)(C)N/C(Nc1ccc2c(c1)OCO2)=C(\C#N)S(=O)(=O)c1ccc(Cl)cc1. The number of benzene rings is 2. The van der Waals surface area contributed by atoms with Gasteiger partial charge in [-0.05, 0) is 56.7 Å². The quantitative estimate of drug-likeness (QED) is 0.605. The first-order chi connectivity index (χ1) is 14.2. The summed E-state index contributed by atoms with van der Waals surface area (Å²) < 4.78 is 37.1. The molecule has 2 aromatic rings. The summed E-state index contributed by atoms with van der Waals surface area (Å²) in [6.45, 7) is 5.92. The summed E-state index contributed by atoms with van der Waals surface area (Å²) in [5.41, 5.74) is 0.0729. The highest BCUT2D eigenvalue weighted by molar-refractivity contribution is 7.95. The number of ether oxygens (including phenoxy) is 2. The molecule has 0 saturated heterocycles. The highest BCUT2D eigenvalue weighted by Gasteiger charge is 2.28. The fraction of sp³-hybridized carbons (Fsp3) is 0.286. The Morgan fingerprint density at radius 1 is 1.17 bits per heavy atom. The number of halogens is 1. The predicted molar refractivity (Wildman–Crippen MR) is 115 cm³/mol. The summed E-state index contributed by atoms with van der Waals surface area (Å²) in [5.74, 6) is 1.22. The number of allylic oxidation sites excluding steroid dienone is 1. The molecule has 2 N–H and O–H groups in total. The maximum Gasteiger partial charge on any atom is 0.231 e. The van der Waals surface area contributed by atoms with Crippen molar-refractivity contribution in [2.45, 2.75) is 37.6 Å². The van der Waals surface area contributed by atoms with Gasteiger partial charge in [0, 0.05) is 22.3 Å². The van der Waals surface area contributed by atoms with Gasteiger partial charge in [-0.15, -0.1) is 0 Å². The van der Waals surface area contributed by atoms with E-state index in [4.69, 9.17) is 21.1 Å². The number of fused-ring (bicyclic) bond motifs is 1. The molecule has 1 heterocycles. The van der Waals surface area contributed by atoms with Gasteiger partial charge in [-0.2, -0.15) is 5.26 Å². The van der Waals surface area contributed by atoms with Gasteiger partial charge < -0.3 is 20.1 Å². The van der Waals surface area contributed by atoms with Crippen LogP contribution in [0.4, 0.5) is 5.69 Å². The van der Waals surface area contributed by atoms with E-state index in [0.29, 0.717) is 28.6 Å². The van der Waals surface area contributed by atoms with Crippen molar-refractivity contribution in [1.29, 1.82) is 5.26 Å². The lowest BCUT2D eigenvalue weighted by Crippen LogP contribution is -2.41. The number of nitriles is 1. The number of hydrogen-bond acceptors (Lipinski definition) is 7. The molecule has 0 unspecified atom stereocenters. The van der Waals surface area contributed by atoms with Crippen molar-refractivity contribution in [2.24, 2.45) is 0 Å². The second-order valence-electron chi connectivity index (χ2n) is 7.33. The Morgan fingerprint density at radius 3 is 2.47 bits per heavy atom. The molecule has 0 saturated carbocycles. The summed E-state index contributed by atoms with van der Waals surface area (Å²) in [7, 11) is -4.10. The zero-order valence-electron chi connectivity index (χ0n) is 16.8. The van der Waals surface area contributed by atoms with E-state index in [1.54, 1.807) is 18.2 Å². The van der Waals surface area contributed by atoms with Crippen molar-refractivity contribution in [3.8, 4) is 17.6 Å². The normalized spacial score (nSPS) is 14.0. The number of sulfone groups is 1. The second-order valence-corrected chi connectivity index (χ2v) is 9.65. The Bertz CT molecular complexity index is 1120. The minimum atomic E-state index is -4.10. The molecule has 3 rings (SSSR count). The summed E-state index contributed by atoms with van der Waals surface area (Å²) in [6.07, 6.45) is 0.693. The molecule has 2 aromatic carbocycles. The third kappa shape index (κ3) is 4.64. The largest absolute Gasteiger partial charge is 0.454 e. The van der Waals surface area contributed by atoms with Crippen LogP contribution >= 0.6 is 11.6 Å². The second kappa shape index (κ2) is 8.46. The average molecular weight is 448 g/mol. The first-order valence-corrected chi connectivity index (χ1v) is 11.1. The van der Waals surface area contributed by atoms with Crippen LogP contribution in [0.25, 0.3) is 0 Å². The Hall–Kier alpha value is -2.89. The van der Waals surface area contributed by atoms with Crippen molar-refractivity contribution in [3.05, 3.63) is 58.2 Å². The number of nitrogens with zero attached hydrogens (tertiary/aromatic N) is 1. The Kier molecular flexibility index (Phi) is 6.15. The fourth-order valence-electron chi connectivity index (χ4n) is 2.67. The maximum absolute atomic E-state index is 13.2. The molecule has 0 aromatic heterocycles. The molecule has 30 heavy (non-hydrogen) atoms. The summed E-state index contributed by atoms with van der Waals surface area (Å²) in [6, 6.07) is 12.7. The van der Waals surface area contributed by atoms with Crippen LogP contribution in [0.15, 0.2) is 58.1 Å². The van der Waals surface area contributed by atoms with E-state index in [2.05, 4.69) is 10.6 Å². The van der Waals surface area contributed by atoms with Crippen LogP contribution in [0.3, 0.4) is 0 Å². The van der Waals surface area contributed by atoms with Gasteiger partial charge in [0.25, 0.3) is 0 Å². The summed E-state index contributed by atoms with van der Waals surface area (Å²) >= 11 is 5.88. The van der Waals surface area contributed by atoms with Crippen molar-refractivity contribution in [3.63, 3.8) is 0 Å². The lowest BCUT2D eigenvalue weighted by molar-refractivity contribution is 0.174. The molecule has 0 radical (unpaired) electrons. The van der Waals surface area contributed by atoms with Crippen molar-refractivity contribution < 1.29 is 17.9 Å². The highest BCUT2D eigenvalue weighted by atomic mass is 35.5. The number of rotatable bonds is 7. The van der Waals surface area contributed by atoms with Crippen LogP contribution in [0.2, 0.25) is 5.02 Å². The monoisotopic (exact) mass is 447 g/mol. The highest BCUT2D eigenvalue weighted by Crippen LogP contribution is 2.35. The first-order valence-electron chi connectivity index (χ1n) is 9.26. The molecule has 158 valence electrons. The Morgan fingerprint density at radius 2 is 1.83 bits per heavy atom. The third-order valence-electron chi connectivity index (χ3n) is 4.71. The minimum absolute atomic E-state index is 0.0236. The molecule has 0 spiro atoms. The zero-order valence-corrected chi connectivity index (χ0v) is 18.4. The van der Waals surface area contributed by atoms with E-state index < -0.39 is 20.3 Å². The Labute approximate surface area is 181 Å². The van der Waals surface area contributed by atoms with Gasteiger partial charge >= 0.3 is 0 Å². The molecule has 0 amide bonds. The maximum atomic E-state index is 13.2. The van der Waals surface area contributed by atoms with Crippen LogP contribution in [-0.4, -0.2) is 20.7 Å². The van der Waals surface area contributed by atoms with Gasteiger partial charge in [0.15, 0.2) is 16.4 Å². The molecule has 0 aliphatic carbocycles. The van der Waals surface area contributed by atoms with Gasteiger partial charge in [0.1, 0.15) is 11.9 Å². The molecular formula is C21H22ClN3O4S. The number of nitrogens with one attached hydrogen (secondary N) is 2. The molecule has 0 fully saturated rings. The number of hydrogen-bond donors (Lipinski definition) is 2. The third-order valence-corrected chi connectivity index (χ3v) is 6.69. The average Bonchev–Trinajstić information content (AvgIpc) is 3.16. The summed E-state index contributed by atoms with van der Waals surface area (Å²) in [4.78, 5) is -0.450. The van der Waals surface area contributed by atoms with Crippen molar-refractivity contribution >= 4 is 27.1 Å². The lowest BCUT2D eigenvalue weighted by Gasteiger charge is -2.29. The van der Waals surface area contributed by atoms with Crippen LogP contribution in [0.5, 0.6) is 11.5 Å². The van der Waals surface area contributed by atoms with Crippen molar-refractivity contribution in [1.82, 2.24) is 5.32 Å². The molecule has 0 atom stereocenters. The van der Waals surface area contributed by atoms with E-state index in [1.807, 2.05) is 26.8 Å². The lowest BCUT2D eigenvalue weighted by atomic mass is 10.0. The van der Waals surface area contributed by atoms with Crippen molar-refractivity contribution in [2.75, 3.05) is 12.1 Å². The predicted octanol–water partition coefficient (Wildman–Crippen LogP) is 4.43. The van der Waals surface area contributed by atoms with E-state index in [1.165, 1.54) is 24.3 Å². The molecule has 1 aliphatic rings. The molecular weight excluding hydrogens is 426 g/mol. The van der Waals surface area contributed by atoms with Gasteiger partial charge in [-0.3, -0.25) is 0 Å². The van der Waals surface area contributed by atoms with Crippen LogP contribution in [0.1, 0.15) is 27.2 Å². The van der Waals surface area contributed by atoms with Gasteiger partial charge in [-0.25, -0.2) is 8.42 Å². The van der Waals surface area contributed by atoms with E-state index in [9.17, 15) is 13.7 Å². The molecule has 9 heteroatoms. The Balaban J connectivity index is 2.09. The van der Waals surface area contributed by atoms with Crippen LogP contribution < -0.4 is 20.1 Å². The zero-order chi connectivity index (χ0) is 21.9. The van der Waals surface area contributed by atoms with E-state index >= 15 is 0 Å². The number of anilines is 1. The summed E-state index contributed by atoms with van der Waals surface area (Å²) in [5, 5.41) is 16.4.